The van der Waals surface area contributed by atoms with Crippen LogP contribution in [0.4, 0.5) is 15.5 Å². The third-order valence-electron chi connectivity index (χ3n) is 6.14. The number of benzene rings is 2. The van der Waals surface area contributed by atoms with Crippen LogP contribution in [0, 0.1) is 5.92 Å². The van der Waals surface area contributed by atoms with Crippen molar-refractivity contribution in [1.29, 1.82) is 0 Å². The van der Waals surface area contributed by atoms with Gasteiger partial charge < -0.3 is 15.7 Å². The van der Waals surface area contributed by atoms with Crippen molar-refractivity contribution in [3.8, 4) is 10.4 Å². The molecule has 1 aromatic heterocycles. The van der Waals surface area contributed by atoms with E-state index >= 15 is 0 Å². The van der Waals surface area contributed by atoms with Crippen molar-refractivity contribution < 1.29 is 19.5 Å². The van der Waals surface area contributed by atoms with Gasteiger partial charge in [0.15, 0.2) is 0 Å². The Morgan fingerprint density at radius 1 is 0.917 bits per heavy atom. The summed E-state index contributed by atoms with van der Waals surface area (Å²) in [6.45, 7) is 0. The molecule has 1 aliphatic rings. The van der Waals surface area contributed by atoms with Crippen molar-refractivity contribution in [3.63, 3.8) is 0 Å². The molecule has 0 bridgehead atoms. The van der Waals surface area contributed by atoms with Crippen LogP contribution in [0.15, 0.2) is 54.6 Å². The number of anilines is 2. The summed E-state index contributed by atoms with van der Waals surface area (Å²) in [7, 11) is 0. The summed E-state index contributed by atoms with van der Waals surface area (Å²) in [5, 5.41) is 18.7. The van der Waals surface area contributed by atoms with Gasteiger partial charge in [-0.05, 0) is 42.5 Å². The zero-order valence-corrected chi connectivity index (χ0v) is 21.6. The number of para-hydroxylation sites is 1. The fourth-order valence-corrected chi connectivity index (χ4v) is 5.88. The van der Waals surface area contributed by atoms with Crippen molar-refractivity contribution >= 4 is 63.1 Å². The number of thiophene rings is 1. The van der Waals surface area contributed by atoms with Gasteiger partial charge in [-0.3, -0.25) is 10.1 Å². The monoisotopic (exact) mass is 545 g/mol. The molecule has 0 spiro atoms. The van der Waals surface area contributed by atoms with Gasteiger partial charge in [0.2, 0.25) is 0 Å². The minimum atomic E-state index is -1.06. The summed E-state index contributed by atoms with van der Waals surface area (Å²) in [4.78, 5) is 38.9. The van der Waals surface area contributed by atoms with Gasteiger partial charge in [-0.25, -0.2) is 9.59 Å². The highest BCUT2D eigenvalue weighted by Gasteiger charge is 2.32. The molecule has 0 radical (unpaired) electrons. The molecule has 1 aliphatic carbocycles. The van der Waals surface area contributed by atoms with Crippen LogP contribution in [0.5, 0.6) is 0 Å². The third kappa shape index (κ3) is 6.19. The number of carboxylic acid groups (broad SMARTS) is 1. The first-order chi connectivity index (χ1) is 17.3. The van der Waals surface area contributed by atoms with Crippen molar-refractivity contribution in [2.45, 2.75) is 38.1 Å². The van der Waals surface area contributed by atoms with Crippen LogP contribution in [0.2, 0.25) is 10.0 Å². The van der Waals surface area contributed by atoms with Crippen LogP contribution in [-0.4, -0.2) is 29.1 Å². The van der Waals surface area contributed by atoms with E-state index in [2.05, 4.69) is 16.0 Å². The first kappa shape index (κ1) is 26.0. The molecule has 7 nitrogen and oxygen atoms in total. The normalized spacial score (nSPS) is 14.6. The number of carbonyl (C=O) groups is 3. The summed E-state index contributed by atoms with van der Waals surface area (Å²) in [5.41, 5.74) is 1.29. The average molecular weight is 546 g/mol. The second-order valence-corrected chi connectivity index (χ2v) is 10.4. The minimum Gasteiger partial charge on any atom is -0.480 e. The van der Waals surface area contributed by atoms with Gasteiger partial charge in [0.05, 0.1) is 21.3 Å². The molecule has 0 aliphatic heterocycles. The molecular formula is C26H25Cl2N3O4S. The standard InChI is InChI=1S/C26H25Cl2N3O4S/c27-18-12-7-13-19(28)22(18)30-26(35)31-24-17(14-20(36-24)15-8-3-1-4-9-15)23(32)29-21(25(33)34)16-10-5-2-6-11-16/h1,3-4,7-9,12-14,16,21H,2,5-6,10-11H2,(H,29,32)(H,33,34)(H2,30,31,35)/t21-/m0/s1. The molecule has 1 atom stereocenters. The Balaban J connectivity index is 1.61. The summed E-state index contributed by atoms with van der Waals surface area (Å²) in [5.74, 6) is -1.75. The molecular weight excluding hydrogens is 521 g/mol. The van der Waals surface area contributed by atoms with E-state index in [4.69, 9.17) is 23.2 Å². The maximum atomic E-state index is 13.3. The largest absolute Gasteiger partial charge is 0.480 e. The number of halogens is 2. The lowest BCUT2D eigenvalue weighted by Crippen LogP contribution is -2.46. The van der Waals surface area contributed by atoms with Crippen molar-refractivity contribution in [1.82, 2.24) is 5.32 Å². The Hall–Kier alpha value is -3.07. The van der Waals surface area contributed by atoms with Crippen LogP contribution in [0.25, 0.3) is 10.4 Å². The number of carboxylic acids is 1. The molecule has 4 rings (SSSR count). The number of nitrogens with one attached hydrogen (secondary N) is 3. The number of urea groups is 1. The number of hydrogen-bond acceptors (Lipinski definition) is 4. The molecule has 10 heteroatoms. The van der Waals surface area contributed by atoms with E-state index < -0.39 is 23.9 Å². The Morgan fingerprint density at radius 3 is 2.22 bits per heavy atom. The fraction of sp³-hybridized carbons (Fsp3) is 0.269. The molecule has 0 saturated heterocycles. The van der Waals surface area contributed by atoms with Gasteiger partial charge in [-0.1, -0.05) is 78.9 Å². The van der Waals surface area contributed by atoms with E-state index in [0.717, 1.165) is 42.5 Å². The van der Waals surface area contributed by atoms with E-state index in [0.29, 0.717) is 0 Å². The summed E-state index contributed by atoms with van der Waals surface area (Å²) < 4.78 is 0. The SMILES string of the molecule is O=C(Nc1sc(-c2ccccc2)cc1C(=O)N[C@H](C(=O)O)C1CCCCC1)Nc1c(Cl)cccc1Cl. The van der Waals surface area contributed by atoms with E-state index in [1.54, 1.807) is 24.3 Å². The average Bonchev–Trinajstić information content (AvgIpc) is 3.29. The zero-order chi connectivity index (χ0) is 25.7. The predicted octanol–water partition coefficient (Wildman–Crippen LogP) is 7.13. The molecule has 36 heavy (non-hydrogen) atoms. The Labute approximate surface area is 222 Å². The smallest absolute Gasteiger partial charge is 0.326 e. The molecule has 0 unspecified atom stereocenters. The van der Waals surface area contributed by atoms with Gasteiger partial charge in [-0.2, -0.15) is 0 Å². The second kappa shape index (κ2) is 11.8. The third-order valence-corrected chi connectivity index (χ3v) is 7.87. The summed E-state index contributed by atoms with van der Waals surface area (Å²) >= 11 is 13.5. The lowest BCUT2D eigenvalue weighted by molar-refractivity contribution is -0.141. The lowest BCUT2D eigenvalue weighted by atomic mass is 9.84. The van der Waals surface area contributed by atoms with Crippen LogP contribution in [0.1, 0.15) is 42.5 Å². The first-order valence-corrected chi connectivity index (χ1v) is 13.2. The molecule has 2 aromatic carbocycles. The molecule has 1 saturated carbocycles. The molecule has 1 heterocycles. The van der Waals surface area contributed by atoms with Crippen molar-refractivity contribution in [3.05, 3.63) is 70.2 Å². The molecule has 4 N–H and O–H groups in total. The van der Waals surface area contributed by atoms with Gasteiger partial charge in [0.1, 0.15) is 11.0 Å². The minimum absolute atomic E-state index is 0.130. The number of carbonyl (C=O) groups excluding carboxylic acids is 2. The quantitative estimate of drug-likeness (QED) is 0.253. The van der Waals surface area contributed by atoms with E-state index in [1.807, 2.05) is 30.3 Å². The van der Waals surface area contributed by atoms with Crippen LogP contribution < -0.4 is 16.0 Å². The Morgan fingerprint density at radius 2 is 1.58 bits per heavy atom. The van der Waals surface area contributed by atoms with Crippen LogP contribution >= 0.6 is 34.5 Å². The molecule has 3 aromatic rings. The predicted molar refractivity (Wildman–Crippen MR) is 144 cm³/mol. The maximum Gasteiger partial charge on any atom is 0.326 e. The van der Waals surface area contributed by atoms with Gasteiger partial charge in [0.25, 0.3) is 5.91 Å². The van der Waals surface area contributed by atoms with Crippen LogP contribution in [-0.2, 0) is 4.79 Å². The zero-order valence-electron chi connectivity index (χ0n) is 19.2. The molecule has 188 valence electrons. The highest BCUT2D eigenvalue weighted by Crippen LogP contribution is 2.37. The Kier molecular flexibility index (Phi) is 8.51. The van der Waals surface area contributed by atoms with E-state index in [1.165, 1.54) is 11.3 Å². The highest BCUT2D eigenvalue weighted by molar-refractivity contribution is 7.20. The maximum absolute atomic E-state index is 13.3. The highest BCUT2D eigenvalue weighted by atomic mass is 35.5. The summed E-state index contributed by atoms with van der Waals surface area (Å²) in [6.07, 6.45) is 4.46. The Bertz CT molecular complexity index is 1240. The van der Waals surface area contributed by atoms with E-state index in [9.17, 15) is 19.5 Å². The summed E-state index contributed by atoms with van der Waals surface area (Å²) in [6, 6.07) is 14.3. The molecule has 1 fully saturated rings. The van der Waals surface area contributed by atoms with Gasteiger partial charge in [0, 0.05) is 4.88 Å². The number of rotatable bonds is 7. The van der Waals surface area contributed by atoms with Gasteiger partial charge >= 0.3 is 12.0 Å². The number of aliphatic carboxylic acids is 1. The van der Waals surface area contributed by atoms with Crippen molar-refractivity contribution in [2.24, 2.45) is 5.92 Å². The number of amides is 3. The fourth-order valence-electron chi connectivity index (χ4n) is 4.33. The molecule has 3 amide bonds. The van der Waals surface area contributed by atoms with Gasteiger partial charge in [-0.15, -0.1) is 11.3 Å². The first-order valence-electron chi connectivity index (χ1n) is 11.6. The lowest BCUT2D eigenvalue weighted by Gasteiger charge is -2.28. The van der Waals surface area contributed by atoms with Crippen molar-refractivity contribution in [2.75, 3.05) is 10.6 Å². The topological polar surface area (TPSA) is 108 Å². The van der Waals surface area contributed by atoms with Crippen LogP contribution in [0.3, 0.4) is 0 Å². The van der Waals surface area contributed by atoms with E-state index in [-0.39, 0.29) is 32.2 Å². The number of hydrogen-bond donors (Lipinski definition) is 4. The second-order valence-electron chi connectivity index (χ2n) is 8.58.